The molecule has 1 N–H and O–H groups in total. The van der Waals surface area contributed by atoms with E-state index in [4.69, 9.17) is 0 Å². The van der Waals surface area contributed by atoms with E-state index in [9.17, 15) is 8.78 Å². The van der Waals surface area contributed by atoms with Crippen LogP contribution in [0.3, 0.4) is 0 Å². The van der Waals surface area contributed by atoms with Gasteiger partial charge in [0.05, 0.1) is 6.04 Å². The molecule has 0 spiro atoms. The lowest BCUT2D eigenvalue weighted by Gasteiger charge is -2.26. The lowest BCUT2D eigenvalue weighted by Crippen LogP contribution is -2.43. The molecule has 0 rings (SSSR count). The van der Waals surface area contributed by atoms with E-state index >= 15 is 0 Å². The van der Waals surface area contributed by atoms with Gasteiger partial charge >= 0.3 is 0 Å². The summed E-state index contributed by atoms with van der Waals surface area (Å²) in [7, 11) is 0. The number of nitrogens with one attached hydrogen (secondary N) is 1. The second-order valence-electron chi connectivity index (χ2n) is 3.00. The van der Waals surface area contributed by atoms with Crippen LogP contribution in [-0.4, -0.2) is 12.0 Å². The molecule has 0 fully saturated rings. The van der Waals surface area contributed by atoms with Gasteiger partial charge in [-0.3, -0.25) is 0 Å². The summed E-state index contributed by atoms with van der Waals surface area (Å²) in [6, 6.07) is -0.778. The van der Waals surface area contributed by atoms with Crippen molar-refractivity contribution in [3.05, 3.63) is 12.3 Å². The van der Waals surface area contributed by atoms with Crippen LogP contribution in [0.15, 0.2) is 12.3 Å². The molecule has 0 aliphatic rings. The number of allylic oxidation sites excluding steroid dienone is 1. The summed E-state index contributed by atoms with van der Waals surface area (Å²) in [5, 5.41) is 2.68. The van der Waals surface area contributed by atoms with E-state index in [1.54, 1.807) is 13.8 Å². The zero-order valence-electron chi connectivity index (χ0n) is 7.95. The number of hydrogen-bond acceptors (Lipinski definition) is 1. The normalized spacial score (nSPS) is 14.1. The van der Waals surface area contributed by atoms with Gasteiger partial charge in [0, 0.05) is 12.1 Å². The van der Waals surface area contributed by atoms with Gasteiger partial charge in [-0.15, -0.1) is 0 Å². The minimum atomic E-state index is -2.63. The summed E-state index contributed by atoms with van der Waals surface area (Å²) in [5.74, 6) is -2.63. The molecule has 0 aromatic carbocycles. The van der Waals surface area contributed by atoms with Gasteiger partial charge in [0.25, 0.3) is 5.92 Å². The molecular weight excluding hydrogens is 160 g/mol. The highest BCUT2D eigenvalue weighted by atomic mass is 19.3. The zero-order valence-corrected chi connectivity index (χ0v) is 7.95. The summed E-state index contributed by atoms with van der Waals surface area (Å²) < 4.78 is 26.1. The minimum absolute atomic E-state index is 0.133. The molecule has 0 aromatic rings. The Hall–Kier alpha value is -0.600. The van der Waals surface area contributed by atoms with Gasteiger partial charge in [-0.2, -0.15) is 0 Å². The fourth-order valence-corrected chi connectivity index (χ4v) is 1.05. The predicted molar refractivity (Wildman–Crippen MR) is 47.3 cm³/mol. The Labute approximate surface area is 72.9 Å². The van der Waals surface area contributed by atoms with Crippen molar-refractivity contribution in [2.24, 2.45) is 0 Å². The lowest BCUT2D eigenvalue weighted by atomic mass is 10.1. The van der Waals surface area contributed by atoms with Crippen molar-refractivity contribution < 1.29 is 8.78 Å². The molecule has 0 aliphatic carbocycles. The van der Waals surface area contributed by atoms with Crippen LogP contribution in [0, 0.1) is 0 Å². The van der Waals surface area contributed by atoms with Gasteiger partial charge < -0.3 is 5.32 Å². The first-order valence-corrected chi connectivity index (χ1v) is 4.23. The molecule has 0 aliphatic heterocycles. The van der Waals surface area contributed by atoms with Crippen LogP contribution in [0.5, 0.6) is 0 Å². The Kier molecular flexibility index (Phi) is 4.21. The third kappa shape index (κ3) is 3.20. The largest absolute Gasteiger partial charge is 0.380 e. The van der Waals surface area contributed by atoms with Crippen LogP contribution < -0.4 is 5.32 Å². The average molecular weight is 177 g/mol. The van der Waals surface area contributed by atoms with E-state index in [1.165, 1.54) is 6.92 Å². The maximum absolute atomic E-state index is 13.1. The molecule has 0 radical (unpaired) electrons. The van der Waals surface area contributed by atoms with Crippen LogP contribution in [0.1, 0.15) is 33.6 Å². The van der Waals surface area contributed by atoms with Crippen molar-refractivity contribution in [2.75, 3.05) is 0 Å². The fourth-order valence-electron chi connectivity index (χ4n) is 1.05. The van der Waals surface area contributed by atoms with Crippen molar-refractivity contribution in [3.8, 4) is 0 Å². The average Bonchev–Trinajstić information content (AvgIpc) is 1.99. The van der Waals surface area contributed by atoms with Gasteiger partial charge in [-0.1, -0.05) is 20.4 Å². The number of alkyl halides is 2. The second-order valence-corrected chi connectivity index (χ2v) is 3.00. The Morgan fingerprint density at radius 2 is 2.00 bits per heavy atom. The van der Waals surface area contributed by atoms with Crippen molar-refractivity contribution in [1.82, 2.24) is 5.32 Å². The molecule has 1 unspecified atom stereocenters. The molecule has 1 atom stereocenters. The molecule has 0 amide bonds. The summed E-state index contributed by atoms with van der Waals surface area (Å²) in [6.45, 7) is 8.46. The third-order valence-corrected chi connectivity index (χ3v) is 1.81. The van der Waals surface area contributed by atoms with Crippen LogP contribution in [0.25, 0.3) is 0 Å². The molecule has 0 bridgehead atoms. The first-order valence-electron chi connectivity index (χ1n) is 4.23. The zero-order chi connectivity index (χ0) is 9.78. The highest BCUT2D eigenvalue weighted by molar-refractivity contribution is 4.93. The lowest BCUT2D eigenvalue weighted by molar-refractivity contribution is -0.0386. The quantitative estimate of drug-likeness (QED) is 0.680. The monoisotopic (exact) mass is 177 g/mol. The van der Waals surface area contributed by atoms with Gasteiger partial charge in [-0.05, 0) is 13.3 Å². The van der Waals surface area contributed by atoms with E-state index < -0.39 is 12.0 Å². The van der Waals surface area contributed by atoms with E-state index in [-0.39, 0.29) is 6.42 Å². The number of rotatable bonds is 5. The van der Waals surface area contributed by atoms with Gasteiger partial charge in [0.1, 0.15) is 0 Å². The second kappa shape index (κ2) is 4.43. The van der Waals surface area contributed by atoms with Crippen LogP contribution in [0.2, 0.25) is 0 Å². The van der Waals surface area contributed by atoms with Gasteiger partial charge in [0.15, 0.2) is 0 Å². The van der Waals surface area contributed by atoms with E-state index in [1.807, 2.05) is 0 Å². The fraction of sp³-hybridized carbons (Fsp3) is 0.778. The standard InChI is InChI=1S/C9H17F2N/c1-5-8(12-7(3)4)9(10,11)6-2/h8,12H,3,5-6H2,1-2,4H3. The van der Waals surface area contributed by atoms with Crippen molar-refractivity contribution in [1.29, 1.82) is 0 Å². The maximum atomic E-state index is 13.1. The van der Waals surface area contributed by atoms with Gasteiger partial charge in [0.2, 0.25) is 0 Å². The summed E-state index contributed by atoms with van der Waals surface area (Å²) in [5.41, 5.74) is 0.593. The molecule has 0 saturated carbocycles. The van der Waals surface area contributed by atoms with Crippen molar-refractivity contribution in [2.45, 2.75) is 45.6 Å². The number of hydrogen-bond donors (Lipinski definition) is 1. The summed E-state index contributed by atoms with van der Waals surface area (Å²) in [6.07, 6.45) is 0.277. The SMILES string of the molecule is C=C(C)NC(CC)C(F)(F)CC. The Balaban J connectivity index is 4.23. The Morgan fingerprint density at radius 1 is 1.50 bits per heavy atom. The van der Waals surface area contributed by atoms with Crippen LogP contribution >= 0.6 is 0 Å². The Bertz CT molecular complexity index is 155. The van der Waals surface area contributed by atoms with Crippen LogP contribution in [0.4, 0.5) is 8.78 Å². The molecule has 3 heteroatoms. The highest BCUT2D eigenvalue weighted by Gasteiger charge is 2.35. The molecule has 72 valence electrons. The van der Waals surface area contributed by atoms with Gasteiger partial charge in [-0.25, -0.2) is 8.78 Å². The van der Waals surface area contributed by atoms with E-state index in [0.717, 1.165) is 0 Å². The molecule has 12 heavy (non-hydrogen) atoms. The highest BCUT2D eigenvalue weighted by Crippen LogP contribution is 2.24. The predicted octanol–water partition coefficient (Wildman–Crippen LogP) is 2.93. The minimum Gasteiger partial charge on any atom is -0.380 e. The maximum Gasteiger partial charge on any atom is 0.267 e. The smallest absolute Gasteiger partial charge is 0.267 e. The Morgan fingerprint density at radius 3 is 2.25 bits per heavy atom. The van der Waals surface area contributed by atoms with Crippen molar-refractivity contribution >= 4 is 0 Å². The van der Waals surface area contributed by atoms with E-state index in [0.29, 0.717) is 12.1 Å². The molecular formula is C9H17F2N. The van der Waals surface area contributed by atoms with E-state index in [2.05, 4.69) is 11.9 Å². The number of halogens is 2. The third-order valence-electron chi connectivity index (χ3n) is 1.81. The molecule has 0 saturated heterocycles. The first-order chi connectivity index (χ1) is 5.44. The summed E-state index contributed by atoms with van der Waals surface area (Å²) >= 11 is 0. The first kappa shape index (κ1) is 11.4. The summed E-state index contributed by atoms with van der Waals surface area (Å²) in [4.78, 5) is 0. The van der Waals surface area contributed by atoms with Crippen molar-refractivity contribution in [3.63, 3.8) is 0 Å². The topological polar surface area (TPSA) is 12.0 Å². The molecule has 0 heterocycles. The van der Waals surface area contributed by atoms with Crippen LogP contribution in [-0.2, 0) is 0 Å². The molecule has 1 nitrogen and oxygen atoms in total. The molecule has 0 aromatic heterocycles.